The van der Waals surface area contributed by atoms with E-state index in [1.54, 1.807) is 0 Å². The van der Waals surface area contributed by atoms with E-state index in [1.807, 2.05) is 18.2 Å². The van der Waals surface area contributed by atoms with Gasteiger partial charge in [-0.2, -0.15) is 0 Å². The Bertz CT molecular complexity index is 510. The first-order valence-electron chi connectivity index (χ1n) is 6.92. The fourth-order valence-corrected chi connectivity index (χ4v) is 2.69. The third-order valence-electron chi connectivity index (χ3n) is 3.73. The van der Waals surface area contributed by atoms with Gasteiger partial charge in [0.15, 0.2) is 0 Å². The number of likely N-dealkylation sites (tertiary alicyclic amines) is 1. The van der Waals surface area contributed by atoms with Crippen LogP contribution < -0.4 is 5.32 Å². The van der Waals surface area contributed by atoms with Crippen molar-refractivity contribution in [1.29, 1.82) is 0 Å². The summed E-state index contributed by atoms with van der Waals surface area (Å²) in [6, 6.07) is 10.2. The number of nitrogens with zero attached hydrogens (tertiary/aromatic N) is 2. The van der Waals surface area contributed by atoms with Crippen LogP contribution in [0.3, 0.4) is 0 Å². The van der Waals surface area contributed by atoms with Crippen LogP contribution in [0.4, 0.5) is 0 Å². The minimum absolute atomic E-state index is 0.598. The van der Waals surface area contributed by atoms with E-state index >= 15 is 0 Å². The maximum absolute atomic E-state index is 4.56. The molecule has 1 unspecified atom stereocenters. The van der Waals surface area contributed by atoms with Crippen LogP contribution >= 0.6 is 0 Å². The lowest BCUT2D eigenvalue weighted by atomic mass is 9.94. The molecule has 2 aliphatic rings. The molecular weight excluding hydrogens is 234 g/mol. The highest BCUT2D eigenvalue weighted by Gasteiger charge is 2.26. The summed E-state index contributed by atoms with van der Waals surface area (Å²) in [6.45, 7) is 4.92. The van der Waals surface area contributed by atoms with Crippen LogP contribution in [0.15, 0.2) is 35.3 Å². The van der Waals surface area contributed by atoms with Crippen LogP contribution in [0.2, 0.25) is 0 Å². The number of hydrogen-bond acceptors (Lipinski definition) is 3. The Kier molecular flexibility index (Phi) is 3.92. The van der Waals surface area contributed by atoms with Gasteiger partial charge in [-0.25, -0.2) is 0 Å². The van der Waals surface area contributed by atoms with Crippen LogP contribution in [-0.2, 0) is 0 Å². The predicted octanol–water partition coefficient (Wildman–Crippen LogP) is 1.36. The van der Waals surface area contributed by atoms with Crippen molar-refractivity contribution in [1.82, 2.24) is 10.2 Å². The highest BCUT2D eigenvalue weighted by molar-refractivity contribution is 5.88. The Morgan fingerprint density at radius 3 is 3.11 bits per heavy atom. The molecule has 2 aliphatic heterocycles. The summed E-state index contributed by atoms with van der Waals surface area (Å²) in [5.74, 6) is 7.11. The zero-order chi connectivity index (χ0) is 12.9. The average Bonchev–Trinajstić information content (AvgIpc) is 2.48. The molecule has 1 saturated heterocycles. The van der Waals surface area contributed by atoms with Gasteiger partial charge in [0, 0.05) is 36.8 Å². The second-order valence-electron chi connectivity index (χ2n) is 5.11. The lowest BCUT2D eigenvalue weighted by Crippen LogP contribution is -2.47. The zero-order valence-corrected chi connectivity index (χ0v) is 11.1. The summed E-state index contributed by atoms with van der Waals surface area (Å²) in [5, 5.41) is 3.34. The quantitative estimate of drug-likeness (QED) is 0.765. The van der Waals surface area contributed by atoms with Gasteiger partial charge < -0.3 is 0 Å². The second-order valence-corrected chi connectivity index (χ2v) is 5.11. The Balaban J connectivity index is 1.56. The summed E-state index contributed by atoms with van der Waals surface area (Å²) < 4.78 is 0. The van der Waals surface area contributed by atoms with Gasteiger partial charge in [-0.05, 0) is 18.6 Å². The molecule has 1 atom stereocenters. The molecule has 0 amide bonds. The number of benzene rings is 1. The second kappa shape index (κ2) is 6.01. The van der Waals surface area contributed by atoms with Crippen molar-refractivity contribution in [3.8, 4) is 11.8 Å². The predicted molar refractivity (Wildman–Crippen MR) is 78.2 cm³/mol. The molecule has 3 nitrogen and oxygen atoms in total. The van der Waals surface area contributed by atoms with Crippen molar-refractivity contribution >= 4 is 5.71 Å². The first-order valence-corrected chi connectivity index (χ1v) is 6.92. The molecule has 0 aromatic heterocycles. The van der Waals surface area contributed by atoms with E-state index in [9.17, 15) is 0 Å². The lowest BCUT2D eigenvalue weighted by molar-refractivity contribution is 0.259. The van der Waals surface area contributed by atoms with E-state index in [4.69, 9.17) is 0 Å². The molecule has 1 aromatic rings. The van der Waals surface area contributed by atoms with E-state index in [2.05, 4.69) is 39.2 Å². The van der Waals surface area contributed by atoms with Gasteiger partial charge in [0.25, 0.3) is 0 Å². The van der Waals surface area contributed by atoms with Crippen LogP contribution in [0, 0.1) is 17.8 Å². The number of piperidine rings is 1. The van der Waals surface area contributed by atoms with Crippen LogP contribution in [-0.4, -0.2) is 43.5 Å². The van der Waals surface area contributed by atoms with Gasteiger partial charge in [0.2, 0.25) is 0 Å². The molecule has 2 heterocycles. The van der Waals surface area contributed by atoms with Crippen molar-refractivity contribution in [2.45, 2.75) is 6.42 Å². The Morgan fingerprint density at radius 2 is 2.21 bits per heavy atom. The molecule has 98 valence electrons. The van der Waals surface area contributed by atoms with Crippen molar-refractivity contribution in [2.24, 2.45) is 10.9 Å². The molecule has 0 radical (unpaired) electrons. The average molecular weight is 253 g/mol. The molecule has 1 N–H and O–H groups in total. The summed E-state index contributed by atoms with van der Waals surface area (Å²) in [7, 11) is 0. The number of fused-ring (bicyclic) bond motifs is 1. The SMILES string of the molecule is C(#Cc1ccccc1)CN1CCC2=NCNCC2C1. The van der Waals surface area contributed by atoms with Gasteiger partial charge in [-0.1, -0.05) is 30.0 Å². The van der Waals surface area contributed by atoms with Crippen molar-refractivity contribution in [3.63, 3.8) is 0 Å². The molecule has 0 saturated carbocycles. The first kappa shape index (κ1) is 12.4. The van der Waals surface area contributed by atoms with Crippen molar-refractivity contribution in [2.75, 3.05) is 32.8 Å². The molecule has 3 heteroatoms. The number of nitrogens with one attached hydrogen (secondary N) is 1. The molecule has 0 bridgehead atoms. The Morgan fingerprint density at radius 1 is 1.32 bits per heavy atom. The van der Waals surface area contributed by atoms with Gasteiger partial charge in [0.1, 0.15) is 0 Å². The molecule has 19 heavy (non-hydrogen) atoms. The summed E-state index contributed by atoms with van der Waals surface area (Å²) >= 11 is 0. The van der Waals surface area contributed by atoms with Crippen LogP contribution in [0.5, 0.6) is 0 Å². The number of rotatable bonds is 1. The highest BCUT2D eigenvalue weighted by Crippen LogP contribution is 2.15. The monoisotopic (exact) mass is 253 g/mol. The normalized spacial score (nSPS) is 22.9. The molecule has 1 aromatic carbocycles. The van der Waals surface area contributed by atoms with Gasteiger partial charge >= 0.3 is 0 Å². The van der Waals surface area contributed by atoms with Crippen LogP contribution in [0.1, 0.15) is 12.0 Å². The minimum atomic E-state index is 0.598. The third kappa shape index (κ3) is 3.23. The molecule has 0 spiro atoms. The van der Waals surface area contributed by atoms with E-state index in [1.165, 1.54) is 5.71 Å². The van der Waals surface area contributed by atoms with E-state index in [0.717, 1.165) is 44.8 Å². The summed E-state index contributed by atoms with van der Waals surface area (Å²) in [6.07, 6.45) is 1.11. The maximum atomic E-state index is 4.56. The zero-order valence-electron chi connectivity index (χ0n) is 11.1. The van der Waals surface area contributed by atoms with Crippen molar-refractivity contribution in [3.05, 3.63) is 35.9 Å². The topological polar surface area (TPSA) is 27.6 Å². The van der Waals surface area contributed by atoms with Crippen LogP contribution in [0.25, 0.3) is 0 Å². The summed E-state index contributed by atoms with van der Waals surface area (Å²) in [5.41, 5.74) is 2.51. The van der Waals surface area contributed by atoms with Gasteiger partial charge in [0.05, 0.1) is 13.2 Å². The standard InChI is InChI=1S/C16H19N3/c1-2-5-14(6-3-1)7-4-9-19-10-8-16-15(12-19)11-17-13-18-16/h1-3,5-6,15,17H,8-13H2. The molecule has 1 fully saturated rings. The number of hydrogen-bond donors (Lipinski definition) is 1. The van der Waals surface area contributed by atoms with E-state index in [-0.39, 0.29) is 0 Å². The van der Waals surface area contributed by atoms with Gasteiger partial charge in [-0.15, -0.1) is 0 Å². The number of aliphatic imine (C=N–C) groups is 1. The molecule has 0 aliphatic carbocycles. The maximum Gasteiger partial charge on any atom is 0.0884 e. The highest BCUT2D eigenvalue weighted by atomic mass is 15.2. The smallest absolute Gasteiger partial charge is 0.0884 e. The molecule has 3 rings (SSSR count). The lowest BCUT2D eigenvalue weighted by Gasteiger charge is -2.34. The van der Waals surface area contributed by atoms with E-state index in [0.29, 0.717) is 5.92 Å². The molecular formula is C16H19N3. The fraction of sp³-hybridized carbons (Fsp3) is 0.438. The van der Waals surface area contributed by atoms with E-state index < -0.39 is 0 Å². The largest absolute Gasteiger partial charge is 0.298 e. The van der Waals surface area contributed by atoms with Gasteiger partial charge in [-0.3, -0.25) is 15.2 Å². The fourth-order valence-electron chi connectivity index (χ4n) is 2.69. The first-order chi connectivity index (χ1) is 9.42. The Hall–Kier alpha value is -1.63. The minimum Gasteiger partial charge on any atom is -0.298 e. The Labute approximate surface area is 114 Å². The van der Waals surface area contributed by atoms with Crippen molar-refractivity contribution < 1.29 is 0 Å². The third-order valence-corrected chi connectivity index (χ3v) is 3.73. The summed E-state index contributed by atoms with van der Waals surface area (Å²) in [4.78, 5) is 6.99.